The standard InChI is InChI=1S/C9H10BrFN2O4S/c1-5-3-7(11)6(10)4-8(5)12-18(15,16)13-9(14)17-2/h3-4,12H,1-2H3,(H,13,14). The van der Waals surface area contributed by atoms with Gasteiger partial charge < -0.3 is 4.74 Å². The minimum Gasteiger partial charge on any atom is -0.452 e. The third kappa shape index (κ3) is 3.84. The van der Waals surface area contributed by atoms with Crippen molar-refractivity contribution in [3.8, 4) is 0 Å². The predicted octanol–water partition coefficient (Wildman–Crippen LogP) is 1.91. The molecule has 1 amide bonds. The van der Waals surface area contributed by atoms with Crippen molar-refractivity contribution in [2.24, 2.45) is 0 Å². The second kappa shape index (κ2) is 5.53. The highest BCUT2D eigenvalue weighted by Gasteiger charge is 2.16. The van der Waals surface area contributed by atoms with Crippen molar-refractivity contribution < 1.29 is 22.3 Å². The number of carbonyl (C=O) groups is 1. The molecule has 0 aliphatic carbocycles. The van der Waals surface area contributed by atoms with Gasteiger partial charge in [0.05, 0.1) is 17.3 Å². The Labute approximate surface area is 112 Å². The predicted molar refractivity (Wildman–Crippen MR) is 66.9 cm³/mol. The summed E-state index contributed by atoms with van der Waals surface area (Å²) >= 11 is 2.93. The first-order chi connectivity index (χ1) is 8.25. The van der Waals surface area contributed by atoms with Crippen molar-refractivity contribution in [1.82, 2.24) is 4.72 Å². The van der Waals surface area contributed by atoms with Crippen LogP contribution in [0.15, 0.2) is 16.6 Å². The number of halogens is 2. The summed E-state index contributed by atoms with van der Waals surface area (Å²) in [6.07, 6.45) is -1.12. The summed E-state index contributed by atoms with van der Waals surface area (Å²) in [4.78, 5) is 10.8. The summed E-state index contributed by atoms with van der Waals surface area (Å²) < 4.78 is 44.1. The zero-order valence-electron chi connectivity index (χ0n) is 9.45. The zero-order chi connectivity index (χ0) is 13.9. The van der Waals surface area contributed by atoms with Gasteiger partial charge in [-0.15, -0.1) is 0 Å². The van der Waals surface area contributed by atoms with Crippen LogP contribution in [0.25, 0.3) is 0 Å². The molecule has 0 aliphatic heterocycles. The van der Waals surface area contributed by atoms with Gasteiger partial charge in [-0.3, -0.25) is 4.72 Å². The van der Waals surface area contributed by atoms with Crippen LogP contribution >= 0.6 is 15.9 Å². The summed E-state index contributed by atoms with van der Waals surface area (Å²) in [6.45, 7) is 1.52. The van der Waals surface area contributed by atoms with E-state index >= 15 is 0 Å². The lowest BCUT2D eigenvalue weighted by molar-refractivity contribution is 0.177. The van der Waals surface area contributed by atoms with Gasteiger partial charge in [-0.05, 0) is 40.5 Å². The van der Waals surface area contributed by atoms with Crippen molar-refractivity contribution in [3.05, 3.63) is 28.0 Å². The van der Waals surface area contributed by atoms with E-state index in [9.17, 15) is 17.6 Å². The van der Waals surface area contributed by atoms with Crippen LogP contribution in [0.3, 0.4) is 0 Å². The monoisotopic (exact) mass is 340 g/mol. The van der Waals surface area contributed by atoms with Crippen LogP contribution in [0.1, 0.15) is 5.56 Å². The molecule has 2 N–H and O–H groups in total. The molecule has 0 fully saturated rings. The summed E-state index contributed by atoms with van der Waals surface area (Å²) in [7, 11) is -3.08. The maximum Gasteiger partial charge on any atom is 0.422 e. The molecule has 0 aliphatic rings. The molecule has 18 heavy (non-hydrogen) atoms. The Kier molecular flexibility index (Phi) is 4.52. The fourth-order valence-corrected chi connectivity index (χ4v) is 2.28. The van der Waals surface area contributed by atoms with Gasteiger partial charge >= 0.3 is 16.3 Å². The second-order valence-electron chi connectivity index (χ2n) is 3.28. The molecule has 0 atom stereocenters. The van der Waals surface area contributed by atoms with E-state index < -0.39 is 22.1 Å². The number of hydrogen-bond donors (Lipinski definition) is 2. The topological polar surface area (TPSA) is 84.5 Å². The minimum absolute atomic E-state index is 0.101. The minimum atomic E-state index is -4.12. The first-order valence-electron chi connectivity index (χ1n) is 4.59. The Morgan fingerprint density at radius 1 is 1.44 bits per heavy atom. The first kappa shape index (κ1) is 14.7. The van der Waals surface area contributed by atoms with Crippen molar-refractivity contribution >= 4 is 37.9 Å². The van der Waals surface area contributed by atoms with Crippen molar-refractivity contribution in [3.63, 3.8) is 0 Å². The van der Waals surface area contributed by atoms with E-state index in [0.717, 1.165) is 13.2 Å². The molecule has 0 heterocycles. The number of anilines is 1. The van der Waals surface area contributed by atoms with Crippen LogP contribution in [0, 0.1) is 12.7 Å². The first-order valence-corrected chi connectivity index (χ1v) is 6.87. The maximum absolute atomic E-state index is 13.1. The SMILES string of the molecule is COC(=O)NS(=O)(=O)Nc1cc(Br)c(F)cc1C. The molecule has 0 unspecified atom stereocenters. The Morgan fingerprint density at radius 2 is 2.06 bits per heavy atom. The average Bonchev–Trinajstić information content (AvgIpc) is 2.24. The van der Waals surface area contributed by atoms with Gasteiger partial charge in [-0.1, -0.05) is 0 Å². The Bertz CT molecular complexity index is 576. The number of nitrogens with one attached hydrogen (secondary N) is 2. The van der Waals surface area contributed by atoms with Crippen LogP contribution in [-0.4, -0.2) is 21.6 Å². The molecule has 9 heteroatoms. The Hall–Kier alpha value is -1.35. The highest BCUT2D eigenvalue weighted by atomic mass is 79.9. The van der Waals surface area contributed by atoms with E-state index in [-0.39, 0.29) is 10.2 Å². The Morgan fingerprint density at radius 3 is 2.61 bits per heavy atom. The van der Waals surface area contributed by atoms with Gasteiger partial charge in [0.15, 0.2) is 0 Å². The van der Waals surface area contributed by atoms with E-state index in [2.05, 4.69) is 25.4 Å². The number of rotatable bonds is 3. The van der Waals surface area contributed by atoms with Crippen molar-refractivity contribution in [1.29, 1.82) is 0 Å². The van der Waals surface area contributed by atoms with Crippen LogP contribution in [0.4, 0.5) is 14.9 Å². The van der Waals surface area contributed by atoms with Crippen LogP contribution in [0.5, 0.6) is 0 Å². The van der Waals surface area contributed by atoms with Gasteiger partial charge in [0.2, 0.25) is 0 Å². The quantitative estimate of drug-likeness (QED) is 0.880. The number of amides is 1. The summed E-state index contributed by atoms with van der Waals surface area (Å²) in [5.41, 5.74) is 0.505. The molecule has 0 spiro atoms. The largest absolute Gasteiger partial charge is 0.452 e. The lowest BCUT2D eigenvalue weighted by Gasteiger charge is -2.11. The summed E-state index contributed by atoms with van der Waals surface area (Å²) in [5.74, 6) is -0.517. The molecule has 0 saturated heterocycles. The normalized spacial score (nSPS) is 10.9. The number of ether oxygens (including phenoxy) is 1. The fourth-order valence-electron chi connectivity index (χ4n) is 1.08. The van der Waals surface area contributed by atoms with Crippen LogP contribution < -0.4 is 9.44 Å². The van der Waals surface area contributed by atoms with E-state index in [1.807, 2.05) is 0 Å². The van der Waals surface area contributed by atoms with Gasteiger partial charge in [0, 0.05) is 0 Å². The molecule has 1 aromatic carbocycles. The molecule has 1 aromatic rings. The van der Waals surface area contributed by atoms with E-state index in [0.29, 0.717) is 5.56 Å². The summed E-state index contributed by atoms with van der Waals surface area (Å²) in [6, 6.07) is 2.40. The number of hydrogen-bond acceptors (Lipinski definition) is 4. The molecule has 0 saturated carbocycles. The molecule has 6 nitrogen and oxygen atoms in total. The molecule has 0 aromatic heterocycles. The zero-order valence-corrected chi connectivity index (χ0v) is 11.9. The fraction of sp³-hybridized carbons (Fsp3) is 0.222. The highest BCUT2D eigenvalue weighted by Crippen LogP contribution is 2.24. The molecule has 1 rings (SSSR count). The molecule has 100 valence electrons. The molecule has 0 bridgehead atoms. The van der Waals surface area contributed by atoms with Crippen LogP contribution in [0.2, 0.25) is 0 Å². The van der Waals surface area contributed by atoms with E-state index in [4.69, 9.17) is 0 Å². The number of methoxy groups -OCH3 is 1. The van der Waals surface area contributed by atoms with Gasteiger partial charge in [-0.25, -0.2) is 13.9 Å². The van der Waals surface area contributed by atoms with Crippen molar-refractivity contribution in [2.45, 2.75) is 6.92 Å². The van der Waals surface area contributed by atoms with Crippen molar-refractivity contribution in [2.75, 3.05) is 11.8 Å². The van der Waals surface area contributed by atoms with Crippen LogP contribution in [-0.2, 0) is 14.9 Å². The second-order valence-corrected chi connectivity index (χ2v) is 5.55. The smallest absolute Gasteiger partial charge is 0.422 e. The van der Waals surface area contributed by atoms with Gasteiger partial charge in [-0.2, -0.15) is 8.42 Å². The molecule has 0 radical (unpaired) electrons. The maximum atomic E-state index is 13.1. The van der Waals surface area contributed by atoms with Gasteiger partial charge in [0.1, 0.15) is 5.82 Å². The Balaban J connectivity index is 2.98. The van der Waals surface area contributed by atoms with E-state index in [1.54, 1.807) is 4.72 Å². The average molecular weight is 341 g/mol. The number of carbonyl (C=O) groups excluding carboxylic acids is 1. The highest BCUT2D eigenvalue weighted by molar-refractivity contribution is 9.10. The number of aryl methyl sites for hydroxylation is 1. The molecular weight excluding hydrogens is 331 g/mol. The lowest BCUT2D eigenvalue weighted by Crippen LogP contribution is -2.35. The summed E-state index contributed by atoms with van der Waals surface area (Å²) in [5, 5.41) is 0. The van der Waals surface area contributed by atoms with Gasteiger partial charge in [0.25, 0.3) is 0 Å². The number of benzene rings is 1. The lowest BCUT2D eigenvalue weighted by atomic mass is 10.2. The third-order valence-electron chi connectivity index (χ3n) is 1.91. The molecular formula is C9H10BrFN2O4S. The van der Waals surface area contributed by atoms with E-state index in [1.165, 1.54) is 13.0 Å². The third-order valence-corrected chi connectivity index (χ3v) is 3.45.